The molecule has 21 heavy (non-hydrogen) atoms. The van der Waals surface area contributed by atoms with Gasteiger partial charge in [0.15, 0.2) is 5.82 Å². The zero-order valence-electron chi connectivity index (χ0n) is 11.1. The summed E-state index contributed by atoms with van der Waals surface area (Å²) >= 11 is 16.9. The SMILES string of the molecule is CN(CCc1noc(C(Cl)(Cl)Cl)n1)C(=O)c1ccccc1. The van der Waals surface area contributed by atoms with E-state index in [4.69, 9.17) is 39.3 Å². The molecule has 0 atom stereocenters. The summed E-state index contributed by atoms with van der Waals surface area (Å²) in [7, 11) is 1.70. The molecule has 0 aliphatic carbocycles. The maximum absolute atomic E-state index is 12.1. The Labute approximate surface area is 136 Å². The number of carbonyl (C=O) groups excluding carboxylic acids is 1. The van der Waals surface area contributed by atoms with Gasteiger partial charge < -0.3 is 9.42 Å². The van der Waals surface area contributed by atoms with E-state index in [1.807, 2.05) is 18.2 Å². The molecule has 5 nitrogen and oxygen atoms in total. The molecule has 0 spiro atoms. The summed E-state index contributed by atoms with van der Waals surface area (Å²) in [5.74, 6) is 0.212. The smallest absolute Gasteiger partial charge is 0.278 e. The lowest BCUT2D eigenvalue weighted by atomic mass is 10.2. The van der Waals surface area contributed by atoms with Crippen LogP contribution in [0.4, 0.5) is 0 Å². The fraction of sp³-hybridized carbons (Fsp3) is 0.308. The Morgan fingerprint density at radius 3 is 2.52 bits per heavy atom. The van der Waals surface area contributed by atoms with Crippen molar-refractivity contribution in [3.05, 3.63) is 47.6 Å². The largest absolute Gasteiger partial charge is 0.341 e. The van der Waals surface area contributed by atoms with Gasteiger partial charge >= 0.3 is 0 Å². The molecule has 0 fully saturated rings. The van der Waals surface area contributed by atoms with Crippen LogP contribution in [0.25, 0.3) is 0 Å². The molecule has 2 aromatic rings. The fourth-order valence-corrected chi connectivity index (χ4v) is 1.87. The van der Waals surface area contributed by atoms with Gasteiger partial charge in [-0.1, -0.05) is 58.2 Å². The number of benzene rings is 1. The van der Waals surface area contributed by atoms with Crippen molar-refractivity contribution in [3.8, 4) is 0 Å². The number of nitrogens with zero attached hydrogens (tertiary/aromatic N) is 3. The second kappa shape index (κ2) is 6.64. The second-order valence-electron chi connectivity index (χ2n) is 4.36. The second-order valence-corrected chi connectivity index (χ2v) is 6.64. The predicted molar refractivity (Wildman–Crippen MR) is 80.6 cm³/mol. The minimum atomic E-state index is -1.74. The Bertz CT molecular complexity index is 611. The molecule has 1 heterocycles. The Morgan fingerprint density at radius 1 is 1.29 bits per heavy atom. The molecule has 2 rings (SSSR count). The van der Waals surface area contributed by atoms with Crippen molar-refractivity contribution >= 4 is 40.7 Å². The minimum Gasteiger partial charge on any atom is -0.341 e. The summed E-state index contributed by atoms with van der Waals surface area (Å²) in [5, 5.41) is 3.71. The van der Waals surface area contributed by atoms with Crippen LogP contribution in [-0.4, -0.2) is 34.5 Å². The van der Waals surface area contributed by atoms with Crippen LogP contribution in [0.3, 0.4) is 0 Å². The molecule has 0 bridgehead atoms. The van der Waals surface area contributed by atoms with E-state index >= 15 is 0 Å². The summed E-state index contributed by atoms with van der Waals surface area (Å²) in [6.45, 7) is 0.423. The lowest BCUT2D eigenvalue weighted by Gasteiger charge is -2.16. The average molecular weight is 349 g/mol. The normalized spacial score (nSPS) is 11.4. The van der Waals surface area contributed by atoms with Gasteiger partial charge in [0.05, 0.1) is 0 Å². The Kier molecular flexibility index (Phi) is 5.08. The third kappa shape index (κ3) is 4.33. The molecule has 0 aliphatic heterocycles. The van der Waals surface area contributed by atoms with E-state index in [1.165, 1.54) is 0 Å². The average Bonchev–Trinajstić information content (AvgIpc) is 2.94. The maximum Gasteiger partial charge on any atom is 0.278 e. The van der Waals surface area contributed by atoms with Gasteiger partial charge in [-0.15, -0.1) is 0 Å². The van der Waals surface area contributed by atoms with E-state index in [2.05, 4.69) is 10.1 Å². The monoisotopic (exact) mass is 347 g/mol. The van der Waals surface area contributed by atoms with Crippen LogP contribution in [0, 0.1) is 0 Å². The topological polar surface area (TPSA) is 59.2 Å². The van der Waals surface area contributed by atoms with E-state index < -0.39 is 3.79 Å². The third-order valence-corrected chi connectivity index (χ3v) is 3.23. The van der Waals surface area contributed by atoms with E-state index in [-0.39, 0.29) is 11.8 Å². The van der Waals surface area contributed by atoms with Gasteiger partial charge in [-0.25, -0.2) is 0 Å². The van der Waals surface area contributed by atoms with E-state index in [0.717, 1.165) is 0 Å². The first kappa shape index (κ1) is 16.1. The number of carbonyl (C=O) groups is 1. The van der Waals surface area contributed by atoms with Gasteiger partial charge in [0.1, 0.15) is 0 Å². The van der Waals surface area contributed by atoms with Gasteiger partial charge in [0, 0.05) is 25.6 Å². The lowest BCUT2D eigenvalue weighted by molar-refractivity contribution is 0.0796. The first-order chi connectivity index (χ1) is 9.88. The Hall–Kier alpha value is -1.30. The number of halogens is 3. The Balaban J connectivity index is 1.94. The van der Waals surface area contributed by atoms with Crippen LogP contribution >= 0.6 is 34.8 Å². The van der Waals surface area contributed by atoms with Crippen LogP contribution in [-0.2, 0) is 10.2 Å². The highest BCUT2D eigenvalue weighted by molar-refractivity contribution is 6.66. The number of alkyl halides is 3. The van der Waals surface area contributed by atoms with Crippen molar-refractivity contribution in [3.63, 3.8) is 0 Å². The van der Waals surface area contributed by atoms with Gasteiger partial charge in [0.2, 0.25) is 0 Å². The maximum atomic E-state index is 12.1. The molecule has 0 radical (unpaired) electrons. The van der Waals surface area contributed by atoms with Crippen LogP contribution < -0.4 is 0 Å². The highest BCUT2D eigenvalue weighted by Crippen LogP contribution is 2.36. The highest BCUT2D eigenvalue weighted by Gasteiger charge is 2.30. The highest BCUT2D eigenvalue weighted by atomic mass is 35.6. The van der Waals surface area contributed by atoms with Crippen molar-refractivity contribution < 1.29 is 9.32 Å². The fourth-order valence-electron chi connectivity index (χ4n) is 1.64. The van der Waals surface area contributed by atoms with Crippen LogP contribution in [0.2, 0.25) is 0 Å². The first-order valence-corrected chi connectivity index (χ1v) is 7.21. The summed E-state index contributed by atoms with van der Waals surface area (Å²) in [4.78, 5) is 17.7. The van der Waals surface area contributed by atoms with E-state index in [0.29, 0.717) is 24.4 Å². The summed E-state index contributed by atoms with van der Waals surface area (Å²) in [5.41, 5.74) is 0.620. The van der Waals surface area contributed by atoms with Crippen molar-refractivity contribution in [2.75, 3.05) is 13.6 Å². The molecule has 0 unspecified atom stereocenters. The molecule has 0 saturated carbocycles. The zero-order valence-corrected chi connectivity index (χ0v) is 13.4. The third-order valence-electron chi connectivity index (χ3n) is 2.75. The number of hydrogen-bond donors (Lipinski definition) is 0. The number of aromatic nitrogens is 2. The van der Waals surface area contributed by atoms with Crippen molar-refractivity contribution in [2.24, 2.45) is 0 Å². The molecule has 8 heteroatoms. The Morgan fingerprint density at radius 2 is 1.95 bits per heavy atom. The molecule has 0 aliphatic rings. The number of likely N-dealkylation sites (N-methyl/N-ethyl adjacent to an activating group) is 1. The summed E-state index contributed by atoms with van der Waals surface area (Å²) < 4.78 is 3.11. The molecule has 1 amide bonds. The summed E-state index contributed by atoms with van der Waals surface area (Å²) in [6, 6.07) is 9.00. The molecule has 0 saturated heterocycles. The van der Waals surface area contributed by atoms with Gasteiger partial charge in [-0.05, 0) is 12.1 Å². The number of amides is 1. The molecule has 1 aromatic carbocycles. The van der Waals surface area contributed by atoms with Gasteiger partial charge in [-0.3, -0.25) is 4.79 Å². The number of rotatable bonds is 4. The molecule has 112 valence electrons. The molecule has 0 N–H and O–H groups in total. The standard InChI is InChI=1S/C13H12Cl3N3O2/c1-19(11(20)9-5-3-2-4-6-9)8-7-10-17-12(21-18-10)13(14,15)16/h2-6H,7-8H2,1H3. The van der Waals surface area contributed by atoms with Crippen molar-refractivity contribution in [1.82, 2.24) is 15.0 Å². The van der Waals surface area contributed by atoms with Gasteiger partial charge in [-0.2, -0.15) is 4.98 Å². The van der Waals surface area contributed by atoms with Crippen LogP contribution in [0.15, 0.2) is 34.9 Å². The first-order valence-electron chi connectivity index (χ1n) is 6.08. The molecular weight excluding hydrogens is 337 g/mol. The van der Waals surface area contributed by atoms with E-state index in [9.17, 15) is 4.79 Å². The number of hydrogen-bond acceptors (Lipinski definition) is 4. The molecular formula is C13H12Cl3N3O2. The van der Waals surface area contributed by atoms with Crippen molar-refractivity contribution in [2.45, 2.75) is 10.2 Å². The van der Waals surface area contributed by atoms with Gasteiger partial charge in [0.25, 0.3) is 15.6 Å². The quantitative estimate of drug-likeness (QED) is 0.796. The molecule has 1 aromatic heterocycles. The summed E-state index contributed by atoms with van der Waals surface area (Å²) in [6.07, 6.45) is 0.402. The van der Waals surface area contributed by atoms with Crippen LogP contribution in [0.5, 0.6) is 0 Å². The zero-order chi connectivity index (χ0) is 15.5. The van der Waals surface area contributed by atoms with Crippen molar-refractivity contribution in [1.29, 1.82) is 0 Å². The predicted octanol–water partition coefficient (Wildman–Crippen LogP) is 3.21. The minimum absolute atomic E-state index is 0.0827. The van der Waals surface area contributed by atoms with Crippen LogP contribution in [0.1, 0.15) is 22.1 Å². The van der Waals surface area contributed by atoms with E-state index in [1.54, 1.807) is 24.1 Å². The lowest BCUT2D eigenvalue weighted by Crippen LogP contribution is -2.29.